The third kappa shape index (κ3) is 46.7. The monoisotopic (exact) mass is 1640 g/mol. The van der Waals surface area contributed by atoms with Crippen molar-refractivity contribution in [3.05, 3.63) is 76.8 Å². The van der Waals surface area contributed by atoms with Crippen LogP contribution in [-0.2, 0) is 93.9 Å². The number of pyridine rings is 2. The number of anilines is 1. The second-order valence-corrected chi connectivity index (χ2v) is 39.4. The van der Waals surface area contributed by atoms with Gasteiger partial charge in [0.25, 0.3) is 10.0 Å². The van der Waals surface area contributed by atoms with E-state index in [0.717, 1.165) is 57.3 Å². The van der Waals surface area contributed by atoms with Gasteiger partial charge in [-0.25, -0.2) is 107 Å². The van der Waals surface area contributed by atoms with Gasteiger partial charge in [-0.1, -0.05) is 22.0 Å². The summed E-state index contributed by atoms with van der Waals surface area (Å²) in [5.74, 6) is -0.292. The second kappa shape index (κ2) is 41.0. The van der Waals surface area contributed by atoms with Crippen molar-refractivity contribution in [2.24, 2.45) is 9.54 Å². The number of primary sulfonamides is 1. The molecule has 3 fully saturated rings. The highest BCUT2D eigenvalue weighted by Gasteiger charge is 2.35. The van der Waals surface area contributed by atoms with Crippen LogP contribution in [0.5, 0.6) is 0 Å². The number of Topliss-reactive ketones (excluding diaryl/α,β-unsaturated/α-hetero) is 1. The van der Waals surface area contributed by atoms with E-state index in [0.29, 0.717) is 41.8 Å². The van der Waals surface area contributed by atoms with Gasteiger partial charge in [0.05, 0.1) is 65.8 Å². The summed E-state index contributed by atoms with van der Waals surface area (Å²) in [6, 6.07) is 19.0. The van der Waals surface area contributed by atoms with Crippen molar-refractivity contribution in [3.8, 4) is 12.1 Å². The minimum absolute atomic E-state index is 0.0327. The van der Waals surface area contributed by atoms with E-state index in [1.807, 2.05) is 44.2 Å². The van der Waals surface area contributed by atoms with Crippen LogP contribution in [0.15, 0.2) is 69.8 Å². The van der Waals surface area contributed by atoms with Crippen LogP contribution in [0.3, 0.4) is 0 Å². The average molecular weight is 1640 g/mol. The first-order chi connectivity index (χ1) is 46.1. The lowest BCUT2D eigenvalue weighted by atomic mass is 10.1. The summed E-state index contributed by atoms with van der Waals surface area (Å²) in [6.45, 7) is 26.0. The van der Waals surface area contributed by atoms with Gasteiger partial charge >= 0.3 is 18.3 Å². The molecule has 3 saturated heterocycles. The van der Waals surface area contributed by atoms with Crippen LogP contribution < -0.4 is 28.3 Å². The van der Waals surface area contributed by atoms with Gasteiger partial charge in [-0.3, -0.25) is 9.10 Å². The molecule has 4 aliphatic heterocycles. The number of hydrogen-bond donors (Lipinski definition) is 6. The SMILES string of the molecule is CC(=O)CCS(=O)(=O)NC(=O)OC(C)(C)C.CC(C)(C)OC(=O)NS(C)(=O)=O.CC(O)CCS(=O)(=O)NC(=O)OC(C)(C)C.CC1=NS(=O)(=O)CC1.CC1CCS(=O)(=O)N1.CC1CCS(=O)(=O)N1c1ccc2c(C#N)nccc2c1.CC1CO1.CS(N)(=O)=O.N#Cc1nccc2cc(Br)ccc12. The summed E-state index contributed by atoms with van der Waals surface area (Å²) in [5.41, 5.74) is 0.0118. The molecule has 4 atom stereocenters. The maximum atomic E-state index is 12.1. The van der Waals surface area contributed by atoms with E-state index in [-0.39, 0.29) is 48.0 Å². The Morgan fingerprint density at radius 3 is 1.44 bits per heavy atom. The Balaban J connectivity index is 0.00000116. The number of aliphatic hydroxyl groups excluding tert-OH is 1. The first-order valence-electron chi connectivity index (χ1n) is 30.5. The topological polar surface area (TPSA) is 531 Å². The third-order valence-corrected chi connectivity index (χ3v) is 19.9. The van der Waals surface area contributed by atoms with Crippen LogP contribution in [0.4, 0.5) is 20.1 Å². The van der Waals surface area contributed by atoms with E-state index in [9.17, 15) is 78.1 Å². The molecule has 4 unspecified atom stereocenters. The number of nitrogens with zero attached hydrogens (tertiary/aromatic N) is 6. The largest absolute Gasteiger partial charge is 0.443 e. The van der Waals surface area contributed by atoms with Crippen molar-refractivity contribution in [2.45, 2.75) is 177 Å². The molecule has 0 aliphatic carbocycles. The summed E-state index contributed by atoms with van der Waals surface area (Å²) in [5, 5.41) is 34.5. The van der Waals surface area contributed by atoms with E-state index >= 15 is 0 Å². The number of hydrogen-bond acceptors (Lipinski definition) is 27. The predicted molar refractivity (Wildman–Crippen MR) is 390 cm³/mol. The van der Waals surface area contributed by atoms with E-state index in [1.165, 1.54) is 18.2 Å². The number of rotatable bonds is 10. The average Bonchev–Trinajstić information content (AvgIpc) is 1.56. The molecule has 0 spiro atoms. The Morgan fingerprint density at radius 2 is 1.14 bits per heavy atom. The number of ether oxygens (including phenoxy) is 4. The molecular formula is C60H94BrN11O23S7. The number of nitriles is 2. The number of benzene rings is 2. The maximum absolute atomic E-state index is 12.1. The van der Waals surface area contributed by atoms with Gasteiger partial charge in [0.1, 0.15) is 46.1 Å². The highest BCUT2D eigenvalue weighted by atomic mass is 79.9. The molecule has 0 bridgehead atoms. The molecule has 4 aliphatic rings. The van der Waals surface area contributed by atoms with Crippen LogP contribution >= 0.6 is 15.9 Å². The molecule has 6 heterocycles. The molecule has 42 heteroatoms. The number of ketones is 1. The zero-order chi connectivity index (χ0) is 79.4. The second-order valence-electron chi connectivity index (χ2n) is 25.8. The van der Waals surface area contributed by atoms with Gasteiger partial charge in [0.15, 0.2) is 0 Å². The van der Waals surface area contributed by atoms with Crippen molar-refractivity contribution in [1.29, 1.82) is 10.5 Å². The van der Waals surface area contributed by atoms with Gasteiger partial charge in [-0.15, -0.1) is 0 Å². The molecule has 4 aromatic rings. The van der Waals surface area contributed by atoms with Gasteiger partial charge < -0.3 is 24.1 Å². The molecule has 2 aromatic heterocycles. The number of nitrogens with one attached hydrogen (secondary N) is 4. The lowest BCUT2D eigenvalue weighted by Crippen LogP contribution is -2.37. The Kier molecular flexibility index (Phi) is 38.3. The molecule has 34 nitrogen and oxygen atoms in total. The van der Waals surface area contributed by atoms with Gasteiger partial charge in [-0.2, -0.15) is 14.9 Å². The Morgan fingerprint density at radius 1 is 0.716 bits per heavy atom. The van der Waals surface area contributed by atoms with Crippen molar-refractivity contribution in [1.82, 2.24) is 28.9 Å². The summed E-state index contributed by atoms with van der Waals surface area (Å²) in [6.07, 6.45) is 3.85. The summed E-state index contributed by atoms with van der Waals surface area (Å²) < 4.78 is 184. The van der Waals surface area contributed by atoms with Crippen molar-refractivity contribution in [3.63, 3.8) is 0 Å². The molecule has 7 N–H and O–H groups in total. The normalized spacial score (nSPS) is 17.8. The van der Waals surface area contributed by atoms with Gasteiger partial charge in [-0.05, 0) is 176 Å². The van der Waals surface area contributed by atoms with E-state index in [1.54, 1.807) is 120 Å². The fourth-order valence-corrected chi connectivity index (χ4v) is 14.7. The van der Waals surface area contributed by atoms with Crippen LogP contribution in [0.2, 0.25) is 0 Å². The van der Waals surface area contributed by atoms with Crippen LogP contribution in [0, 0.1) is 22.7 Å². The van der Waals surface area contributed by atoms with E-state index in [2.05, 4.69) is 57.9 Å². The highest BCUT2D eigenvalue weighted by molar-refractivity contribution is 9.10. The summed E-state index contributed by atoms with van der Waals surface area (Å²) in [4.78, 5) is 51.6. The first-order valence-corrected chi connectivity index (χ1v) is 43.4. The molecule has 0 saturated carbocycles. The predicted octanol–water partition coefficient (Wildman–Crippen LogP) is 5.99. The zero-order valence-corrected chi connectivity index (χ0v) is 67.1. The molecule has 2 aromatic carbocycles. The minimum atomic E-state index is -3.79. The third-order valence-electron chi connectivity index (χ3n) is 11.6. The lowest BCUT2D eigenvalue weighted by Gasteiger charge is -2.22. The highest BCUT2D eigenvalue weighted by Crippen LogP contribution is 2.32. The lowest BCUT2D eigenvalue weighted by molar-refractivity contribution is -0.116. The van der Waals surface area contributed by atoms with Crippen molar-refractivity contribution >= 4 is 143 Å². The number of epoxide rings is 1. The van der Waals surface area contributed by atoms with Crippen LogP contribution in [0.25, 0.3) is 21.5 Å². The molecule has 3 amide bonds. The number of aromatic nitrogens is 2. The number of carbonyl (C=O) groups is 4. The van der Waals surface area contributed by atoms with Gasteiger partial charge in [0, 0.05) is 58.3 Å². The molecule has 102 heavy (non-hydrogen) atoms. The quantitative estimate of drug-likeness (QED) is 0.0783. The summed E-state index contributed by atoms with van der Waals surface area (Å²) >= 11 is 3.38. The van der Waals surface area contributed by atoms with E-state index < -0.39 is 117 Å². The number of carbonyl (C=O) groups excluding carboxylic acids is 4. The molecule has 576 valence electrons. The number of amides is 3. The first kappa shape index (κ1) is 95.2. The minimum Gasteiger partial charge on any atom is -0.443 e. The number of fused-ring (bicyclic) bond motifs is 2. The van der Waals surface area contributed by atoms with E-state index in [4.69, 9.17) is 29.8 Å². The fourth-order valence-electron chi connectivity index (χ4n) is 7.32. The smallest absolute Gasteiger partial charge is 0.421 e. The number of nitrogens with two attached hydrogens (primary N) is 1. The number of halogens is 1. The Bertz CT molecular complexity index is 4460. The Labute approximate surface area is 608 Å². The standard InChI is InChI=1S/C14H13N3O2S.C10H5BrN2.C9H19NO5S.C9H17NO5S.C6H13NO4S.C4H9NO2S.C4H7NO2S.C3H6O.CH5NO2S/c1-10-5-7-20(18,19)17(10)12-2-3-13-11(8-12)4-6-16-14(13)9-15;11-8-1-2-9-7(5-8)3-4-13-10(9)6-12;2*1-7(11)5-6-16(13,14)10-8(12)15-9(2,3)4;1-6(2,3)11-5(8)7-12(4,9)10;2*1-4-2-3-8(6,7)5-4;1-3-2-4-3;1-5(2,3)4/h2-4,6,8,10H,5,7H2,1H3;1-5H;7,11H,5-6H2,1-4H3,(H,10,12);5-6H2,1-4H3,(H,10,12);1-4H3,(H,7,8);4-5H,2-3H2,1H3;2-3H2,1H3;3H,2H2,1H3;1H3,(H2,2,3,4). The molecule has 8 rings (SSSR count). The summed E-state index contributed by atoms with van der Waals surface area (Å²) in [7, 11) is -23.3. The zero-order valence-electron chi connectivity index (χ0n) is 59.8. The van der Waals surface area contributed by atoms with Crippen molar-refractivity contribution in [2.75, 3.05) is 52.2 Å². The van der Waals surface area contributed by atoms with Crippen molar-refractivity contribution < 1.29 is 102 Å². The van der Waals surface area contributed by atoms with Gasteiger partial charge in [0.2, 0.25) is 60.1 Å². The van der Waals surface area contributed by atoms with Crippen LogP contribution in [0.1, 0.15) is 147 Å². The number of aliphatic hydroxyl groups is 1. The fraction of sp³-hybridized carbons (Fsp3) is 0.583. The maximum Gasteiger partial charge on any atom is 0.421 e. The Hall–Kier alpha value is -6.84. The molecular weight excluding hydrogens is 1550 g/mol. The molecule has 0 radical (unpaired) electrons. The number of sulfonamides is 7. The van der Waals surface area contributed by atoms with Crippen LogP contribution in [-0.4, -0.2) is 193 Å².